The lowest BCUT2D eigenvalue weighted by atomic mass is 9.80. The van der Waals surface area contributed by atoms with Crippen LogP contribution >= 0.6 is 11.8 Å². The third kappa shape index (κ3) is 2.34. The van der Waals surface area contributed by atoms with Gasteiger partial charge in [-0.05, 0) is 29.2 Å². The van der Waals surface area contributed by atoms with Crippen LogP contribution in [0.3, 0.4) is 0 Å². The van der Waals surface area contributed by atoms with Gasteiger partial charge in [0, 0.05) is 22.1 Å². The van der Waals surface area contributed by atoms with Crippen LogP contribution in [0.4, 0.5) is 4.39 Å². The molecule has 0 aromatic heterocycles. The average Bonchev–Trinajstić information content (AvgIpc) is 2.64. The maximum absolute atomic E-state index is 14.2. The Bertz CT molecular complexity index is 730. The Kier molecular flexibility index (Phi) is 3.73. The molecular weight excluding hydrogens is 281 g/mol. The van der Waals surface area contributed by atoms with Crippen molar-refractivity contribution in [1.29, 1.82) is 5.26 Å². The molecule has 0 fully saturated rings. The molecule has 1 aliphatic heterocycles. The third-order valence-electron chi connectivity index (χ3n) is 4.02. The molecule has 1 aliphatic rings. The molecule has 2 aromatic rings. The van der Waals surface area contributed by atoms with Gasteiger partial charge in [0.15, 0.2) is 0 Å². The minimum absolute atomic E-state index is 0.133. The topological polar surface area (TPSA) is 23.8 Å². The highest BCUT2D eigenvalue weighted by atomic mass is 32.2. The Hall–Kier alpha value is -1.79. The second-order valence-electron chi connectivity index (χ2n) is 5.65. The van der Waals surface area contributed by atoms with Crippen LogP contribution in [0.5, 0.6) is 0 Å². The van der Waals surface area contributed by atoms with Crippen molar-refractivity contribution >= 4 is 11.8 Å². The zero-order valence-corrected chi connectivity index (χ0v) is 12.9. The quantitative estimate of drug-likeness (QED) is 0.732. The second kappa shape index (κ2) is 5.54. The third-order valence-corrected chi connectivity index (χ3v) is 5.20. The summed E-state index contributed by atoms with van der Waals surface area (Å²) in [7, 11) is 0. The van der Waals surface area contributed by atoms with Crippen molar-refractivity contribution in [3.05, 3.63) is 64.5 Å². The van der Waals surface area contributed by atoms with E-state index in [2.05, 4.69) is 26.0 Å². The zero-order valence-electron chi connectivity index (χ0n) is 12.1. The van der Waals surface area contributed by atoms with Crippen molar-refractivity contribution in [3.8, 4) is 6.07 Å². The van der Waals surface area contributed by atoms with Crippen molar-refractivity contribution in [2.75, 3.05) is 0 Å². The number of hydrogen-bond acceptors (Lipinski definition) is 2. The van der Waals surface area contributed by atoms with Crippen LogP contribution in [0.25, 0.3) is 0 Å². The van der Waals surface area contributed by atoms with Gasteiger partial charge < -0.3 is 0 Å². The lowest BCUT2D eigenvalue weighted by molar-refractivity contribution is 0.547. The van der Waals surface area contributed by atoms with E-state index >= 15 is 0 Å². The predicted octanol–water partition coefficient (Wildman–Crippen LogP) is 5.09. The van der Waals surface area contributed by atoms with Crippen molar-refractivity contribution in [2.45, 2.75) is 30.4 Å². The van der Waals surface area contributed by atoms with E-state index in [-0.39, 0.29) is 11.7 Å². The molecule has 0 N–H and O–H groups in total. The first-order chi connectivity index (χ1) is 10.1. The molecule has 1 nitrogen and oxygen atoms in total. The largest absolute Gasteiger partial charge is 0.207 e. The minimum atomic E-state index is -0.142. The van der Waals surface area contributed by atoms with Crippen LogP contribution in [0, 0.1) is 23.1 Å². The summed E-state index contributed by atoms with van der Waals surface area (Å²) in [5.74, 6) is 0.916. The average molecular weight is 297 g/mol. The van der Waals surface area contributed by atoms with Gasteiger partial charge in [-0.25, -0.2) is 4.39 Å². The molecule has 0 amide bonds. The van der Waals surface area contributed by atoms with E-state index in [9.17, 15) is 9.65 Å². The van der Waals surface area contributed by atoms with Gasteiger partial charge in [0.05, 0.1) is 5.56 Å². The fraction of sp³-hybridized carbons (Fsp3) is 0.278. The molecule has 0 bridgehead atoms. The van der Waals surface area contributed by atoms with Gasteiger partial charge >= 0.3 is 0 Å². The highest BCUT2D eigenvalue weighted by Crippen LogP contribution is 2.45. The standard InChI is InChI=1S/C18H16FNS/c1-11(2)17-13-6-4-8-16(19)15(13)10-21-18-12(9-20)5-3-7-14(17)18/h3-8,11,17H,10H2,1-2H3. The smallest absolute Gasteiger partial charge is 0.127 e. The van der Waals surface area contributed by atoms with Gasteiger partial charge in [0.1, 0.15) is 11.9 Å². The number of fused-ring (bicyclic) bond motifs is 2. The molecule has 2 aromatic carbocycles. The highest BCUT2D eigenvalue weighted by Gasteiger charge is 2.29. The van der Waals surface area contributed by atoms with Gasteiger partial charge in [0.25, 0.3) is 0 Å². The summed E-state index contributed by atoms with van der Waals surface area (Å²) in [5, 5.41) is 9.34. The molecule has 3 heteroatoms. The summed E-state index contributed by atoms with van der Waals surface area (Å²) in [4.78, 5) is 1.01. The van der Waals surface area contributed by atoms with Crippen LogP contribution in [0.15, 0.2) is 41.3 Å². The van der Waals surface area contributed by atoms with Gasteiger partial charge in [0.2, 0.25) is 0 Å². The number of benzene rings is 2. The lowest BCUT2D eigenvalue weighted by Crippen LogP contribution is -2.11. The Labute approximate surface area is 128 Å². The van der Waals surface area contributed by atoms with Crippen molar-refractivity contribution in [1.82, 2.24) is 0 Å². The summed E-state index contributed by atoms with van der Waals surface area (Å²) in [5.41, 5.74) is 3.68. The van der Waals surface area contributed by atoms with E-state index in [1.54, 1.807) is 17.8 Å². The van der Waals surface area contributed by atoms with Gasteiger partial charge in [-0.3, -0.25) is 0 Å². The van der Waals surface area contributed by atoms with Crippen LogP contribution in [-0.4, -0.2) is 0 Å². The summed E-state index contributed by atoms with van der Waals surface area (Å²) < 4.78 is 14.2. The maximum atomic E-state index is 14.2. The van der Waals surface area contributed by atoms with E-state index in [0.717, 1.165) is 21.6 Å². The Balaban J connectivity index is 2.28. The Morgan fingerprint density at radius 3 is 2.62 bits per heavy atom. The molecule has 0 saturated heterocycles. The number of nitriles is 1. The molecular formula is C18H16FNS. The summed E-state index contributed by atoms with van der Waals surface area (Å²) >= 11 is 1.58. The van der Waals surface area contributed by atoms with Crippen LogP contribution in [0.1, 0.15) is 42.0 Å². The van der Waals surface area contributed by atoms with Crippen LogP contribution in [0.2, 0.25) is 0 Å². The molecule has 0 aliphatic carbocycles. The van der Waals surface area contributed by atoms with Crippen molar-refractivity contribution in [2.24, 2.45) is 5.92 Å². The van der Waals surface area contributed by atoms with E-state index in [1.807, 2.05) is 18.2 Å². The molecule has 106 valence electrons. The molecule has 0 saturated carbocycles. The first-order valence-electron chi connectivity index (χ1n) is 7.06. The number of thioether (sulfide) groups is 1. The van der Waals surface area contributed by atoms with Gasteiger partial charge in [-0.1, -0.05) is 38.1 Å². The maximum Gasteiger partial charge on any atom is 0.127 e. The monoisotopic (exact) mass is 297 g/mol. The molecule has 1 atom stereocenters. The van der Waals surface area contributed by atoms with E-state index in [1.165, 1.54) is 6.07 Å². The first kappa shape index (κ1) is 14.2. The van der Waals surface area contributed by atoms with Crippen LogP contribution < -0.4 is 0 Å². The molecule has 21 heavy (non-hydrogen) atoms. The number of nitrogens with zero attached hydrogens (tertiary/aromatic N) is 1. The molecule has 0 radical (unpaired) electrons. The minimum Gasteiger partial charge on any atom is -0.207 e. The summed E-state index contributed by atoms with van der Waals surface area (Å²) in [6, 6.07) is 13.5. The van der Waals surface area contributed by atoms with Crippen LogP contribution in [-0.2, 0) is 5.75 Å². The molecule has 1 heterocycles. The molecule has 0 spiro atoms. The first-order valence-corrected chi connectivity index (χ1v) is 8.05. The zero-order chi connectivity index (χ0) is 15.0. The second-order valence-corrected chi connectivity index (χ2v) is 6.64. The summed E-state index contributed by atoms with van der Waals surface area (Å²) in [6.45, 7) is 4.30. The van der Waals surface area contributed by atoms with E-state index in [4.69, 9.17) is 0 Å². The fourth-order valence-corrected chi connectivity index (χ4v) is 4.32. The number of rotatable bonds is 1. The SMILES string of the molecule is CC(C)C1c2cccc(F)c2CSc2c(C#N)cccc21. The molecule has 3 rings (SSSR count). The van der Waals surface area contributed by atoms with Gasteiger partial charge in [-0.2, -0.15) is 5.26 Å². The van der Waals surface area contributed by atoms with Crippen molar-refractivity contribution in [3.63, 3.8) is 0 Å². The normalized spacial score (nSPS) is 16.8. The number of halogens is 1. The van der Waals surface area contributed by atoms with Crippen molar-refractivity contribution < 1.29 is 4.39 Å². The summed E-state index contributed by atoms with van der Waals surface area (Å²) in [6.07, 6.45) is 0. The van der Waals surface area contributed by atoms with E-state index < -0.39 is 0 Å². The Morgan fingerprint density at radius 1 is 1.19 bits per heavy atom. The van der Waals surface area contributed by atoms with E-state index in [0.29, 0.717) is 17.2 Å². The fourth-order valence-electron chi connectivity index (χ4n) is 3.10. The molecule has 1 unspecified atom stereocenters. The predicted molar refractivity (Wildman–Crippen MR) is 83.8 cm³/mol. The Morgan fingerprint density at radius 2 is 1.90 bits per heavy atom. The number of hydrogen-bond donors (Lipinski definition) is 0. The van der Waals surface area contributed by atoms with Gasteiger partial charge in [-0.15, -0.1) is 11.8 Å². The highest BCUT2D eigenvalue weighted by molar-refractivity contribution is 7.98. The lowest BCUT2D eigenvalue weighted by Gasteiger charge is -2.24.